The lowest BCUT2D eigenvalue weighted by Crippen LogP contribution is -2.47. The molecule has 4 rings (SSSR count). The smallest absolute Gasteiger partial charge is 0.154 e. The minimum atomic E-state index is -0.725. The predicted molar refractivity (Wildman–Crippen MR) is 143 cm³/mol. The van der Waals surface area contributed by atoms with Crippen LogP contribution in [0.25, 0.3) is 0 Å². The van der Waals surface area contributed by atoms with Gasteiger partial charge in [-0.2, -0.15) is 0 Å². The minimum Gasteiger partial charge on any atom is -0.387 e. The van der Waals surface area contributed by atoms with Crippen molar-refractivity contribution < 1.29 is 24.1 Å². The van der Waals surface area contributed by atoms with E-state index in [1.54, 1.807) is 0 Å². The van der Waals surface area contributed by atoms with Crippen molar-refractivity contribution in [3.05, 3.63) is 23.9 Å². The van der Waals surface area contributed by atoms with E-state index in [0.29, 0.717) is 31.9 Å². The van der Waals surface area contributed by atoms with Crippen molar-refractivity contribution >= 4 is 0 Å². The average Bonchev–Trinajstić information content (AvgIpc) is 3.40. The summed E-state index contributed by atoms with van der Waals surface area (Å²) in [4.78, 5) is 0. The molecule has 0 aromatic heterocycles. The molecule has 8 heteroatoms. The molecule has 10 atom stereocenters. The van der Waals surface area contributed by atoms with Gasteiger partial charge in [-0.25, -0.2) is 4.39 Å². The van der Waals surface area contributed by atoms with Crippen molar-refractivity contribution in [1.82, 2.24) is 16.0 Å². The summed E-state index contributed by atoms with van der Waals surface area (Å²) in [5.41, 5.74) is 1.33. The van der Waals surface area contributed by atoms with Crippen LogP contribution < -0.4 is 16.0 Å². The lowest BCUT2D eigenvalue weighted by molar-refractivity contribution is -0.0994. The summed E-state index contributed by atoms with van der Waals surface area (Å²) < 4.78 is 26.2. The fourth-order valence-corrected chi connectivity index (χ4v) is 6.64. The molecule has 5 N–H and O–H groups in total. The number of aliphatic hydroxyl groups excluding tert-OH is 2. The van der Waals surface area contributed by atoms with Gasteiger partial charge in [0.05, 0.1) is 12.2 Å². The Kier molecular flexibility index (Phi) is 11.3. The van der Waals surface area contributed by atoms with Crippen LogP contribution in [0.5, 0.6) is 0 Å². The van der Waals surface area contributed by atoms with Crippen LogP contribution in [0, 0.1) is 17.8 Å². The number of hydrogen-bond acceptors (Lipinski definition) is 7. The maximum absolute atomic E-state index is 14.5. The highest BCUT2D eigenvalue weighted by atomic mass is 19.1. The molecule has 2 fully saturated rings. The second kappa shape index (κ2) is 14.4. The Labute approximate surface area is 222 Å². The van der Waals surface area contributed by atoms with Gasteiger partial charge in [0.1, 0.15) is 12.4 Å². The van der Waals surface area contributed by atoms with E-state index < -0.39 is 18.7 Å². The molecule has 0 spiro atoms. The fourth-order valence-electron chi connectivity index (χ4n) is 6.64. The third-order valence-corrected chi connectivity index (χ3v) is 8.85. The number of aliphatic hydroxyl groups is 2. The van der Waals surface area contributed by atoms with E-state index in [2.05, 4.69) is 35.0 Å². The first kappa shape index (κ1) is 29.0. The summed E-state index contributed by atoms with van der Waals surface area (Å²) in [6, 6.07) is 0.546. The lowest BCUT2D eigenvalue weighted by Gasteiger charge is -2.36. The van der Waals surface area contributed by atoms with E-state index >= 15 is 0 Å². The number of nitrogens with one attached hydrogen (secondary N) is 3. The van der Waals surface area contributed by atoms with Gasteiger partial charge in [-0.15, -0.1) is 0 Å². The molecule has 1 saturated heterocycles. The van der Waals surface area contributed by atoms with Gasteiger partial charge in [-0.1, -0.05) is 18.6 Å². The van der Waals surface area contributed by atoms with Crippen molar-refractivity contribution in [3.63, 3.8) is 0 Å². The van der Waals surface area contributed by atoms with E-state index in [1.165, 1.54) is 5.57 Å². The number of allylic oxidation sites excluding steroid dienone is 1. The largest absolute Gasteiger partial charge is 0.387 e. The zero-order valence-electron chi connectivity index (χ0n) is 22.8. The second-order valence-corrected chi connectivity index (χ2v) is 11.7. The Morgan fingerprint density at radius 1 is 1.16 bits per heavy atom. The molecule has 0 amide bonds. The maximum atomic E-state index is 14.5. The second-order valence-electron chi connectivity index (χ2n) is 11.7. The van der Waals surface area contributed by atoms with Gasteiger partial charge in [0.15, 0.2) is 6.29 Å². The number of alkyl halides is 1. The van der Waals surface area contributed by atoms with Crippen molar-refractivity contribution in [2.75, 3.05) is 19.7 Å². The van der Waals surface area contributed by atoms with Crippen LogP contribution in [-0.2, 0) is 9.47 Å². The molecule has 0 radical (unpaired) electrons. The third-order valence-electron chi connectivity index (χ3n) is 8.85. The normalized spacial score (nSPS) is 38.1. The minimum absolute atomic E-state index is 0.0792. The van der Waals surface area contributed by atoms with Gasteiger partial charge in [-0.3, -0.25) is 5.32 Å². The zero-order chi connectivity index (χ0) is 26.2. The molecule has 2 aliphatic heterocycles. The molecule has 212 valence electrons. The molecular formula is C29H50FN3O4. The van der Waals surface area contributed by atoms with E-state index in [1.807, 2.05) is 13.1 Å². The fraction of sp³-hybridized carbons (Fsp3) is 0.862. The molecule has 4 unspecified atom stereocenters. The molecule has 4 aliphatic rings. The Balaban J connectivity index is 1.16. The van der Waals surface area contributed by atoms with Crippen molar-refractivity contribution in [1.29, 1.82) is 0 Å². The van der Waals surface area contributed by atoms with E-state index in [4.69, 9.17) is 9.47 Å². The molecule has 0 bridgehead atoms. The Hall–Kier alpha value is -1.03. The standard InChI is InChI=1S/C29H50FN3O4/c1-3-36-28(34)5-4-13-32-29(35)21-16-26(33-18-21)27-17-23(12-14-31-27)37-22-9-7-20(8-10-22)24-15-19(2)6-11-25(24)30/h7,12,14,19,21-29,31-35H,3-6,8-11,13,15-18H2,1-2H3/t19-,21?,22-,23?,24+,25+,26?,27?,28-,29-/m1/s1. The zero-order valence-corrected chi connectivity index (χ0v) is 22.8. The Morgan fingerprint density at radius 2 is 2.03 bits per heavy atom. The number of hydrogen-bond donors (Lipinski definition) is 5. The SMILES string of the molecule is CCO[C@@H](O)CCCN[C@H](O)C1CNC(C2CC(O[C@@H]3CC=C([C@@H]4C[C@H](C)CC[C@@H]4F)CC3)C=CN2)C1. The molecule has 7 nitrogen and oxygen atoms in total. The molecular weight excluding hydrogens is 473 g/mol. The first-order chi connectivity index (χ1) is 17.9. The molecule has 1 saturated carbocycles. The van der Waals surface area contributed by atoms with Gasteiger partial charge < -0.3 is 30.3 Å². The van der Waals surface area contributed by atoms with Gasteiger partial charge >= 0.3 is 0 Å². The molecule has 0 aromatic carbocycles. The molecule has 0 aromatic rings. The summed E-state index contributed by atoms with van der Waals surface area (Å²) in [7, 11) is 0. The van der Waals surface area contributed by atoms with Crippen molar-refractivity contribution in [2.24, 2.45) is 17.8 Å². The molecule has 2 heterocycles. The van der Waals surface area contributed by atoms with Gasteiger partial charge in [0.25, 0.3) is 0 Å². The van der Waals surface area contributed by atoms with Crippen molar-refractivity contribution in [2.45, 2.75) is 121 Å². The van der Waals surface area contributed by atoms with Crippen molar-refractivity contribution in [3.8, 4) is 0 Å². The van der Waals surface area contributed by atoms with Crippen LogP contribution in [0.3, 0.4) is 0 Å². The van der Waals surface area contributed by atoms with Crippen LogP contribution >= 0.6 is 0 Å². The highest BCUT2D eigenvalue weighted by molar-refractivity contribution is 5.14. The number of halogens is 1. The van der Waals surface area contributed by atoms with Crippen LogP contribution in [0.4, 0.5) is 4.39 Å². The average molecular weight is 524 g/mol. The van der Waals surface area contributed by atoms with E-state index in [9.17, 15) is 14.6 Å². The molecule has 37 heavy (non-hydrogen) atoms. The number of ether oxygens (including phenoxy) is 2. The Bertz CT molecular complexity index is 753. The molecule has 2 aliphatic carbocycles. The summed E-state index contributed by atoms with van der Waals surface area (Å²) in [6.45, 7) is 6.05. The van der Waals surface area contributed by atoms with Crippen LogP contribution in [0.2, 0.25) is 0 Å². The Morgan fingerprint density at radius 3 is 2.81 bits per heavy atom. The summed E-state index contributed by atoms with van der Waals surface area (Å²) >= 11 is 0. The summed E-state index contributed by atoms with van der Waals surface area (Å²) in [5, 5.41) is 30.6. The highest BCUT2D eigenvalue weighted by Crippen LogP contribution is 2.39. The number of rotatable bonds is 12. The summed E-state index contributed by atoms with van der Waals surface area (Å²) in [6.07, 6.45) is 13.4. The topological polar surface area (TPSA) is 95.0 Å². The summed E-state index contributed by atoms with van der Waals surface area (Å²) in [5.74, 6) is 0.905. The van der Waals surface area contributed by atoms with E-state index in [-0.39, 0.29) is 36.1 Å². The maximum Gasteiger partial charge on any atom is 0.154 e. The first-order valence-electron chi connectivity index (χ1n) is 14.8. The quantitative estimate of drug-likeness (QED) is 0.152. The van der Waals surface area contributed by atoms with Crippen LogP contribution in [-0.4, -0.2) is 72.9 Å². The third kappa shape index (κ3) is 8.48. The highest BCUT2D eigenvalue weighted by Gasteiger charge is 2.36. The van der Waals surface area contributed by atoms with Crippen LogP contribution in [0.1, 0.15) is 78.1 Å². The van der Waals surface area contributed by atoms with Gasteiger partial charge in [0.2, 0.25) is 0 Å². The predicted octanol–water partition coefficient (Wildman–Crippen LogP) is 3.52. The van der Waals surface area contributed by atoms with Gasteiger partial charge in [-0.05, 0) is 95.9 Å². The first-order valence-corrected chi connectivity index (χ1v) is 14.8. The van der Waals surface area contributed by atoms with Gasteiger partial charge in [0, 0.05) is 37.1 Å². The van der Waals surface area contributed by atoms with E-state index in [0.717, 1.165) is 57.9 Å². The lowest BCUT2D eigenvalue weighted by atomic mass is 9.74. The monoisotopic (exact) mass is 523 g/mol. The van der Waals surface area contributed by atoms with Crippen LogP contribution in [0.15, 0.2) is 23.9 Å².